The van der Waals surface area contributed by atoms with Crippen molar-refractivity contribution in [2.75, 3.05) is 12.3 Å². The van der Waals surface area contributed by atoms with E-state index in [1.165, 1.54) is 0 Å². The van der Waals surface area contributed by atoms with E-state index in [2.05, 4.69) is 25.9 Å². The Bertz CT molecular complexity index is 559. The smallest absolute Gasteiger partial charge is 0.172 e. The zero-order valence-electron chi connectivity index (χ0n) is 13.1. The van der Waals surface area contributed by atoms with Crippen molar-refractivity contribution in [2.45, 2.75) is 40.0 Å². The molecular weight excluding hydrogens is 264 g/mol. The van der Waals surface area contributed by atoms with E-state index >= 15 is 0 Å². The van der Waals surface area contributed by atoms with Crippen LogP contribution in [0.1, 0.15) is 39.2 Å². The highest BCUT2D eigenvalue weighted by Crippen LogP contribution is 2.30. The molecule has 0 fully saturated rings. The average Bonchev–Trinajstić information content (AvgIpc) is 2.81. The molecule has 1 heterocycles. The Balaban J connectivity index is 2.15. The Morgan fingerprint density at radius 1 is 1.24 bits per heavy atom. The largest absolute Gasteiger partial charge is 0.494 e. The second-order valence-electron chi connectivity index (χ2n) is 5.70. The van der Waals surface area contributed by atoms with Crippen LogP contribution in [0.15, 0.2) is 28.8 Å². The number of hydrogen-bond acceptors (Lipinski definition) is 4. The van der Waals surface area contributed by atoms with Crippen LogP contribution >= 0.6 is 0 Å². The first kappa shape index (κ1) is 15.4. The van der Waals surface area contributed by atoms with E-state index < -0.39 is 0 Å². The monoisotopic (exact) mass is 288 g/mol. The molecule has 0 aliphatic heterocycles. The van der Waals surface area contributed by atoms with Crippen molar-refractivity contribution in [1.82, 2.24) is 5.16 Å². The number of aromatic nitrogens is 1. The average molecular weight is 288 g/mol. The summed E-state index contributed by atoms with van der Waals surface area (Å²) in [6, 6.07) is 7.90. The van der Waals surface area contributed by atoms with Crippen molar-refractivity contribution in [3.05, 3.63) is 29.8 Å². The molecule has 1 aromatic carbocycles. The summed E-state index contributed by atoms with van der Waals surface area (Å²) in [4.78, 5) is 0. The van der Waals surface area contributed by atoms with Crippen LogP contribution in [0.3, 0.4) is 0 Å². The van der Waals surface area contributed by atoms with Crippen LogP contribution in [0.5, 0.6) is 5.75 Å². The maximum Gasteiger partial charge on any atom is 0.172 e. The third-order valence-electron chi connectivity index (χ3n) is 3.31. The summed E-state index contributed by atoms with van der Waals surface area (Å²) in [6.45, 7) is 7.21. The lowest BCUT2D eigenvalue weighted by Crippen LogP contribution is -1.99. The number of rotatable bonds is 7. The predicted molar refractivity (Wildman–Crippen MR) is 85.3 cm³/mol. The molecule has 0 radical (unpaired) electrons. The first-order chi connectivity index (χ1) is 10.1. The molecule has 0 spiro atoms. The van der Waals surface area contributed by atoms with E-state index in [0.717, 1.165) is 48.5 Å². The minimum absolute atomic E-state index is 0.488. The zero-order valence-corrected chi connectivity index (χ0v) is 13.1. The van der Waals surface area contributed by atoms with Gasteiger partial charge in [-0.15, -0.1) is 0 Å². The van der Waals surface area contributed by atoms with Crippen LogP contribution in [0.4, 0.5) is 5.82 Å². The highest BCUT2D eigenvalue weighted by atomic mass is 16.5. The fourth-order valence-electron chi connectivity index (χ4n) is 2.19. The van der Waals surface area contributed by atoms with Crippen molar-refractivity contribution in [3.63, 3.8) is 0 Å². The molecule has 0 aliphatic carbocycles. The maximum atomic E-state index is 5.91. The van der Waals surface area contributed by atoms with Gasteiger partial charge in [-0.05, 0) is 43.0 Å². The summed E-state index contributed by atoms with van der Waals surface area (Å²) in [5.74, 6) is 2.63. The summed E-state index contributed by atoms with van der Waals surface area (Å²) >= 11 is 0. The molecule has 2 rings (SSSR count). The van der Waals surface area contributed by atoms with Gasteiger partial charge < -0.3 is 15.0 Å². The lowest BCUT2D eigenvalue weighted by molar-refractivity contribution is 0.309. The fraction of sp³-hybridized carbons (Fsp3) is 0.471. The summed E-state index contributed by atoms with van der Waals surface area (Å²) in [7, 11) is 0. The van der Waals surface area contributed by atoms with Crippen LogP contribution in [0, 0.1) is 5.92 Å². The van der Waals surface area contributed by atoms with Crippen LogP contribution in [-0.4, -0.2) is 11.8 Å². The number of anilines is 1. The molecular formula is C17H24N2O2. The molecule has 0 unspecified atom stereocenters. The van der Waals surface area contributed by atoms with E-state index in [-0.39, 0.29) is 0 Å². The van der Waals surface area contributed by atoms with E-state index in [1.54, 1.807) is 0 Å². The molecule has 4 nitrogen and oxygen atoms in total. The first-order valence-electron chi connectivity index (χ1n) is 7.59. The van der Waals surface area contributed by atoms with Gasteiger partial charge in [-0.25, -0.2) is 0 Å². The van der Waals surface area contributed by atoms with E-state index in [1.807, 2.05) is 24.3 Å². The third-order valence-corrected chi connectivity index (χ3v) is 3.31. The number of hydrogen-bond donors (Lipinski definition) is 1. The van der Waals surface area contributed by atoms with Crippen molar-refractivity contribution < 1.29 is 9.26 Å². The normalized spacial score (nSPS) is 11.0. The summed E-state index contributed by atoms with van der Waals surface area (Å²) in [6.07, 6.45) is 3.06. The van der Waals surface area contributed by atoms with Gasteiger partial charge in [-0.3, -0.25) is 0 Å². The van der Waals surface area contributed by atoms with Crippen LogP contribution in [0.25, 0.3) is 11.3 Å². The van der Waals surface area contributed by atoms with Gasteiger partial charge in [0.05, 0.1) is 6.61 Å². The Morgan fingerprint density at radius 2 is 1.95 bits per heavy atom. The van der Waals surface area contributed by atoms with Crippen molar-refractivity contribution in [1.29, 1.82) is 0 Å². The maximum absolute atomic E-state index is 5.91. The van der Waals surface area contributed by atoms with Gasteiger partial charge in [0.2, 0.25) is 0 Å². The summed E-state index contributed by atoms with van der Waals surface area (Å²) < 4.78 is 11.1. The molecule has 0 aliphatic rings. The predicted octanol–water partition coefficient (Wildman–Crippen LogP) is 4.30. The number of unbranched alkanes of at least 4 members (excludes halogenated alkanes) is 1. The second-order valence-corrected chi connectivity index (χ2v) is 5.70. The van der Waals surface area contributed by atoms with Crippen molar-refractivity contribution in [2.24, 2.45) is 5.92 Å². The van der Waals surface area contributed by atoms with Crippen molar-refractivity contribution >= 4 is 5.82 Å². The van der Waals surface area contributed by atoms with Crippen LogP contribution in [-0.2, 0) is 6.42 Å². The molecule has 2 aromatic rings. The minimum Gasteiger partial charge on any atom is -0.494 e. The molecule has 0 atom stereocenters. The van der Waals surface area contributed by atoms with E-state index in [9.17, 15) is 0 Å². The first-order valence-corrected chi connectivity index (χ1v) is 7.59. The quantitative estimate of drug-likeness (QED) is 0.771. The van der Waals surface area contributed by atoms with Gasteiger partial charge in [0.1, 0.15) is 5.75 Å². The second kappa shape index (κ2) is 7.16. The van der Waals surface area contributed by atoms with E-state index in [0.29, 0.717) is 11.7 Å². The Hall–Kier alpha value is -1.97. The number of nitrogen functional groups attached to an aromatic ring is 1. The highest BCUT2D eigenvalue weighted by Gasteiger charge is 2.16. The Labute approximate surface area is 126 Å². The van der Waals surface area contributed by atoms with Crippen LogP contribution < -0.4 is 10.5 Å². The fourth-order valence-corrected chi connectivity index (χ4v) is 2.19. The van der Waals surface area contributed by atoms with Crippen LogP contribution in [0.2, 0.25) is 0 Å². The SMILES string of the molecule is CCCCOc1ccc(-c2onc(N)c2CC(C)C)cc1. The highest BCUT2D eigenvalue weighted by molar-refractivity contribution is 5.66. The molecule has 2 N–H and O–H groups in total. The minimum atomic E-state index is 0.488. The number of benzene rings is 1. The van der Waals surface area contributed by atoms with Gasteiger partial charge in [0.15, 0.2) is 11.6 Å². The molecule has 114 valence electrons. The lowest BCUT2D eigenvalue weighted by atomic mass is 10.00. The molecule has 0 amide bonds. The third kappa shape index (κ3) is 4.00. The van der Waals surface area contributed by atoms with Crippen molar-refractivity contribution in [3.8, 4) is 17.1 Å². The Morgan fingerprint density at radius 3 is 2.57 bits per heavy atom. The van der Waals surface area contributed by atoms with Gasteiger partial charge >= 0.3 is 0 Å². The van der Waals surface area contributed by atoms with Gasteiger partial charge in [-0.1, -0.05) is 32.3 Å². The summed E-state index contributed by atoms with van der Waals surface area (Å²) in [5, 5.41) is 3.90. The van der Waals surface area contributed by atoms with E-state index in [4.69, 9.17) is 15.0 Å². The zero-order chi connectivity index (χ0) is 15.2. The number of nitrogens with two attached hydrogens (primary N) is 1. The van der Waals surface area contributed by atoms with Gasteiger partial charge in [0.25, 0.3) is 0 Å². The summed E-state index contributed by atoms with van der Waals surface area (Å²) in [5.41, 5.74) is 7.88. The Kier molecular flexibility index (Phi) is 5.26. The molecule has 1 aromatic heterocycles. The topological polar surface area (TPSA) is 61.3 Å². The lowest BCUT2D eigenvalue weighted by Gasteiger charge is -2.07. The van der Waals surface area contributed by atoms with Gasteiger partial charge in [-0.2, -0.15) is 0 Å². The number of nitrogens with zero attached hydrogens (tertiary/aromatic N) is 1. The molecule has 4 heteroatoms. The molecule has 0 saturated heterocycles. The standard InChI is InChI=1S/C17H24N2O2/c1-4-5-10-20-14-8-6-13(7-9-14)16-15(11-12(2)3)17(18)19-21-16/h6-9,12H,4-5,10-11H2,1-3H3,(H2,18,19). The molecule has 21 heavy (non-hydrogen) atoms. The molecule has 0 saturated carbocycles. The molecule has 0 bridgehead atoms. The number of ether oxygens (including phenoxy) is 1. The van der Waals surface area contributed by atoms with Gasteiger partial charge in [0, 0.05) is 11.1 Å².